The van der Waals surface area contributed by atoms with Crippen LogP contribution in [-0.4, -0.2) is 32.8 Å². The number of benzene rings is 3. The van der Waals surface area contributed by atoms with E-state index >= 15 is 0 Å². The highest BCUT2D eigenvalue weighted by Crippen LogP contribution is 2.42. The molecule has 0 aliphatic carbocycles. The zero-order valence-corrected chi connectivity index (χ0v) is 18.5. The summed E-state index contributed by atoms with van der Waals surface area (Å²) in [5.74, 6) is -0.867. The van der Waals surface area contributed by atoms with Crippen molar-refractivity contribution in [2.24, 2.45) is 0 Å². The lowest BCUT2D eigenvalue weighted by molar-refractivity contribution is -0.114. The van der Waals surface area contributed by atoms with Crippen LogP contribution in [0.3, 0.4) is 0 Å². The average molecular weight is 450 g/mol. The lowest BCUT2D eigenvalue weighted by Gasteiger charge is -2.31. The van der Waals surface area contributed by atoms with Gasteiger partial charge in [0.05, 0.1) is 21.8 Å². The molecular formula is C24H23N3O4S. The summed E-state index contributed by atoms with van der Waals surface area (Å²) in [4.78, 5) is 25.6. The molecule has 164 valence electrons. The molecule has 0 bridgehead atoms. The summed E-state index contributed by atoms with van der Waals surface area (Å²) in [5, 5.41) is 5.49. The van der Waals surface area contributed by atoms with Gasteiger partial charge in [0.2, 0.25) is 5.91 Å². The molecule has 7 nitrogen and oxygen atoms in total. The zero-order valence-electron chi connectivity index (χ0n) is 17.7. The number of carbonyl (C=O) groups excluding carboxylic acids is 2. The Morgan fingerprint density at radius 1 is 0.875 bits per heavy atom. The quantitative estimate of drug-likeness (QED) is 0.622. The van der Waals surface area contributed by atoms with Gasteiger partial charge in [0, 0.05) is 17.2 Å². The minimum atomic E-state index is -3.93. The first-order valence-corrected chi connectivity index (χ1v) is 11.6. The Morgan fingerprint density at radius 3 is 2.25 bits per heavy atom. The maximum absolute atomic E-state index is 13.3. The summed E-state index contributed by atoms with van der Waals surface area (Å²) < 4.78 is 27.8. The second kappa shape index (κ2) is 8.47. The van der Waals surface area contributed by atoms with Crippen molar-refractivity contribution in [2.45, 2.75) is 24.8 Å². The van der Waals surface area contributed by atoms with E-state index in [-0.39, 0.29) is 16.8 Å². The third-order valence-electron chi connectivity index (χ3n) is 5.07. The highest BCUT2D eigenvalue weighted by atomic mass is 32.2. The standard InChI is InChI=1S/C24H23N3O4S/c1-16(2)25-24(29)19-11-3-6-12-20(19)26-23(28)15-27-21-13-7-4-9-17(21)18-10-5-8-14-22(18)32(27,30)31/h3-14,16H,15H2,1-2H3,(H,25,29)(H,26,28). The molecule has 8 heteroatoms. The first-order valence-electron chi connectivity index (χ1n) is 10.2. The number of nitrogens with zero attached hydrogens (tertiary/aromatic N) is 1. The summed E-state index contributed by atoms with van der Waals surface area (Å²) in [6.45, 7) is 3.26. The van der Waals surface area contributed by atoms with Gasteiger partial charge in [-0.3, -0.25) is 13.9 Å². The van der Waals surface area contributed by atoms with E-state index in [1.165, 1.54) is 6.07 Å². The van der Waals surface area contributed by atoms with Crippen LogP contribution in [0.15, 0.2) is 77.7 Å². The van der Waals surface area contributed by atoms with E-state index < -0.39 is 22.5 Å². The van der Waals surface area contributed by atoms with Crippen molar-refractivity contribution >= 4 is 33.2 Å². The fourth-order valence-corrected chi connectivity index (χ4v) is 5.35. The normalized spacial score (nSPS) is 13.8. The molecule has 1 aliphatic rings. The number of sulfonamides is 1. The molecule has 0 atom stereocenters. The predicted molar refractivity (Wildman–Crippen MR) is 124 cm³/mol. The number of para-hydroxylation sites is 2. The summed E-state index contributed by atoms with van der Waals surface area (Å²) in [7, 11) is -3.93. The molecule has 0 radical (unpaired) electrons. The molecule has 0 unspecified atom stereocenters. The molecule has 2 amide bonds. The van der Waals surface area contributed by atoms with E-state index in [4.69, 9.17) is 0 Å². The van der Waals surface area contributed by atoms with Gasteiger partial charge in [-0.15, -0.1) is 0 Å². The molecule has 1 heterocycles. The van der Waals surface area contributed by atoms with Gasteiger partial charge < -0.3 is 10.6 Å². The van der Waals surface area contributed by atoms with Crippen molar-refractivity contribution in [3.8, 4) is 11.1 Å². The number of anilines is 2. The van der Waals surface area contributed by atoms with Gasteiger partial charge in [-0.1, -0.05) is 48.5 Å². The third-order valence-corrected chi connectivity index (χ3v) is 6.89. The Hall–Kier alpha value is -3.65. The zero-order chi connectivity index (χ0) is 22.9. The van der Waals surface area contributed by atoms with Crippen molar-refractivity contribution < 1.29 is 18.0 Å². The van der Waals surface area contributed by atoms with Gasteiger partial charge in [-0.2, -0.15) is 0 Å². The number of nitrogens with one attached hydrogen (secondary N) is 2. The summed E-state index contributed by atoms with van der Waals surface area (Å²) in [6.07, 6.45) is 0. The molecular weight excluding hydrogens is 426 g/mol. The molecule has 2 N–H and O–H groups in total. The second-order valence-electron chi connectivity index (χ2n) is 7.75. The van der Waals surface area contributed by atoms with Crippen LogP contribution in [0.25, 0.3) is 11.1 Å². The lowest BCUT2D eigenvalue weighted by Crippen LogP contribution is -2.40. The van der Waals surface area contributed by atoms with Crippen LogP contribution < -0.4 is 14.9 Å². The number of rotatable bonds is 5. The minimum absolute atomic E-state index is 0.0682. The summed E-state index contributed by atoms with van der Waals surface area (Å²) in [5.41, 5.74) is 2.41. The predicted octanol–water partition coefficient (Wildman–Crippen LogP) is 3.64. The van der Waals surface area contributed by atoms with Crippen LogP contribution in [0.2, 0.25) is 0 Å². The molecule has 0 fully saturated rings. The van der Waals surface area contributed by atoms with Crippen molar-refractivity contribution in [1.82, 2.24) is 5.32 Å². The van der Waals surface area contributed by atoms with Crippen molar-refractivity contribution in [1.29, 1.82) is 0 Å². The number of hydrogen-bond acceptors (Lipinski definition) is 4. The molecule has 1 aliphatic heterocycles. The summed E-state index contributed by atoms with van der Waals surface area (Å²) in [6, 6.07) is 20.4. The van der Waals surface area contributed by atoms with Gasteiger partial charge in [-0.05, 0) is 38.1 Å². The smallest absolute Gasteiger partial charge is 0.265 e. The largest absolute Gasteiger partial charge is 0.350 e. The summed E-state index contributed by atoms with van der Waals surface area (Å²) >= 11 is 0. The molecule has 0 spiro atoms. The van der Waals surface area contributed by atoms with E-state index in [1.54, 1.807) is 54.6 Å². The van der Waals surface area contributed by atoms with E-state index in [9.17, 15) is 18.0 Å². The first kappa shape index (κ1) is 21.6. The topological polar surface area (TPSA) is 95.6 Å². The van der Waals surface area contributed by atoms with Gasteiger partial charge in [0.15, 0.2) is 0 Å². The number of amides is 2. The fraction of sp³-hybridized carbons (Fsp3) is 0.167. The Balaban J connectivity index is 1.65. The number of carbonyl (C=O) groups is 2. The molecule has 3 aromatic carbocycles. The van der Waals surface area contributed by atoms with Crippen LogP contribution in [0, 0.1) is 0 Å². The van der Waals surface area contributed by atoms with E-state index in [2.05, 4.69) is 10.6 Å². The lowest BCUT2D eigenvalue weighted by atomic mass is 10.0. The van der Waals surface area contributed by atoms with Gasteiger partial charge in [-0.25, -0.2) is 8.42 Å². The van der Waals surface area contributed by atoms with Crippen LogP contribution >= 0.6 is 0 Å². The van der Waals surface area contributed by atoms with E-state index in [0.717, 1.165) is 9.87 Å². The molecule has 4 rings (SSSR count). The third kappa shape index (κ3) is 3.97. The molecule has 0 aromatic heterocycles. The highest BCUT2D eigenvalue weighted by molar-refractivity contribution is 7.93. The van der Waals surface area contributed by atoms with Crippen molar-refractivity contribution in [3.05, 3.63) is 78.4 Å². The van der Waals surface area contributed by atoms with E-state index in [1.807, 2.05) is 26.0 Å². The maximum Gasteiger partial charge on any atom is 0.265 e. The highest BCUT2D eigenvalue weighted by Gasteiger charge is 2.35. The van der Waals surface area contributed by atoms with Gasteiger partial charge >= 0.3 is 0 Å². The number of hydrogen-bond donors (Lipinski definition) is 2. The van der Waals surface area contributed by atoms with Gasteiger partial charge in [0.25, 0.3) is 15.9 Å². The Bertz CT molecular complexity index is 1300. The van der Waals surface area contributed by atoms with Crippen LogP contribution in [-0.2, 0) is 14.8 Å². The first-order chi connectivity index (χ1) is 15.3. The van der Waals surface area contributed by atoms with E-state index in [0.29, 0.717) is 22.5 Å². The van der Waals surface area contributed by atoms with Crippen LogP contribution in [0.5, 0.6) is 0 Å². The second-order valence-corrected chi connectivity index (χ2v) is 9.58. The van der Waals surface area contributed by atoms with Crippen molar-refractivity contribution in [3.63, 3.8) is 0 Å². The fourth-order valence-electron chi connectivity index (χ4n) is 3.70. The molecule has 0 saturated heterocycles. The monoisotopic (exact) mass is 449 g/mol. The Morgan fingerprint density at radius 2 is 1.50 bits per heavy atom. The maximum atomic E-state index is 13.3. The minimum Gasteiger partial charge on any atom is -0.350 e. The van der Waals surface area contributed by atoms with Gasteiger partial charge in [0.1, 0.15) is 6.54 Å². The van der Waals surface area contributed by atoms with Crippen LogP contribution in [0.1, 0.15) is 24.2 Å². The molecule has 0 saturated carbocycles. The number of fused-ring (bicyclic) bond motifs is 3. The molecule has 3 aromatic rings. The Labute approximate surface area is 187 Å². The molecule has 32 heavy (non-hydrogen) atoms. The Kier molecular flexibility index (Phi) is 5.71. The SMILES string of the molecule is CC(C)NC(=O)c1ccccc1NC(=O)CN1c2ccccc2-c2ccccc2S1(=O)=O. The average Bonchev–Trinajstić information content (AvgIpc) is 2.76. The van der Waals surface area contributed by atoms with Crippen LogP contribution in [0.4, 0.5) is 11.4 Å². The van der Waals surface area contributed by atoms with Crippen molar-refractivity contribution in [2.75, 3.05) is 16.2 Å².